The summed E-state index contributed by atoms with van der Waals surface area (Å²) in [5, 5.41) is 21.6. The number of nitrogens with zero attached hydrogens (tertiary/aromatic N) is 2. The SMILES string of the molecule is CC1Oc2c(cc([N+](=O)[O-])cc2[N+](=O)[O-])C1C. The highest BCUT2D eigenvalue weighted by Crippen LogP contribution is 2.45. The van der Waals surface area contributed by atoms with Crippen LogP contribution in [-0.2, 0) is 0 Å². The smallest absolute Gasteiger partial charge is 0.318 e. The Bertz CT molecular complexity index is 514. The first kappa shape index (κ1) is 11.3. The molecule has 0 aliphatic carbocycles. The standard InChI is InChI=1S/C10H10N2O5/c1-5-6(2)17-10-8(5)3-7(11(13)14)4-9(10)12(15)16/h3-6H,1-2H3. The van der Waals surface area contributed by atoms with E-state index in [4.69, 9.17) is 4.74 Å². The van der Waals surface area contributed by atoms with Gasteiger partial charge in [0.15, 0.2) is 0 Å². The summed E-state index contributed by atoms with van der Waals surface area (Å²) in [6.07, 6.45) is -0.217. The number of ether oxygens (including phenoxy) is 1. The van der Waals surface area contributed by atoms with Crippen molar-refractivity contribution in [3.8, 4) is 5.75 Å². The van der Waals surface area contributed by atoms with E-state index in [1.165, 1.54) is 6.07 Å². The van der Waals surface area contributed by atoms with Gasteiger partial charge in [-0.05, 0) is 6.92 Å². The lowest BCUT2D eigenvalue weighted by Gasteiger charge is -2.06. The Balaban J connectivity index is 2.66. The molecule has 1 heterocycles. The molecule has 0 amide bonds. The zero-order chi connectivity index (χ0) is 12.7. The molecule has 0 saturated carbocycles. The lowest BCUT2D eigenvalue weighted by Crippen LogP contribution is -2.10. The van der Waals surface area contributed by atoms with E-state index in [2.05, 4.69) is 0 Å². The van der Waals surface area contributed by atoms with E-state index < -0.39 is 9.85 Å². The van der Waals surface area contributed by atoms with Crippen molar-refractivity contribution >= 4 is 11.4 Å². The van der Waals surface area contributed by atoms with Crippen molar-refractivity contribution in [3.63, 3.8) is 0 Å². The van der Waals surface area contributed by atoms with Crippen molar-refractivity contribution in [1.82, 2.24) is 0 Å². The van der Waals surface area contributed by atoms with Crippen molar-refractivity contribution in [2.45, 2.75) is 25.9 Å². The van der Waals surface area contributed by atoms with Gasteiger partial charge in [0.2, 0.25) is 5.75 Å². The minimum atomic E-state index is -0.656. The van der Waals surface area contributed by atoms with Crippen LogP contribution < -0.4 is 4.74 Å². The van der Waals surface area contributed by atoms with Crippen LogP contribution >= 0.6 is 0 Å². The van der Waals surface area contributed by atoms with E-state index in [1.54, 1.807) is 6.92 Å². The number of hydrogen-bond donors (Lipinski definition) is 0. The first-order valence-corrected chi connectivity index (χ1v) is 5.05. The van der Waals surface area contributed by atoms with Gasteiger partial charge in [-0.25, -0.2) is 0 Å². The molecular formula is C10H10N2O5. The molecule has 2 unspecified atom stereocenters. The van der Waals surface area contributed by atoms with Gasteiger partial charge in [-0.15, -0.1) is 0 Å². The Morgan fingerprint density at radius 2 is 1.82 bits per heavy atom. The molecule has 17 heavy (non-hydrogen) atoms. The molecule has 1 aromatic rings. The fraction of sp³-hybridized carbons (Fsp3) is 0.400. The molecule has 0 fully saturated rings. The van der Waals surface area contributed by atoms with E-state index in [9.17, 15) is 20.2 Å². The lowest BCUT2D eigenvalue weighted by atomic mass is 9.97. The number of hydrogen-bond acceptors (Lipinski definition) is 5. The monoisotopic (exact) mass is 238 g/mol. The zero-order valence-electron chi connectivity index (χ0n) is 9.25. The Morgan fingerprint density at radius 3 is 2.35 bits per heavy atom. The third-order valence-electron chi connectivity index (χ3n) is 2.99. The molecule has 1 aliphatic rings. The van der Waals surface area contributed by atoms with E-state index in [0.29, 0.717) is 5.56 Å². The van der Waals surface area contributed by atoms with Crippen LogP contribution in [0.1, 0.15) is 25.3 Å². The molecule has 7 heteroatoms. The molecule has 90 valence electrons. The molecule has 7 nitrogen and oxygen atoms in total. The molecule has 0 radical (unpaired) electrons. The second kappa shape index (κ2) is 3.69. The maximum absolute atomic E-state index is 10.9. The molecule has 2 rings (SSSR count). The van der Waals surface area contributed by atoms with Gasteiger partial charge < -0.3 is 4.74 Å². The van der Waals surface area contributed by atoms with Gasteiger partial charge in [0.25, 0.3) is 5.69 Å². The highest BCUT2D eigenvalue weighted by Gasteiger charge is 2.36. The van der Waals surface area contributed by atoms with E-state index >= 15 is 0 Å². The van der Waals surface area contributed by atoms with Crippen LogP contribution in [0.25, 0.3) is 0 Å². The van der Waals surface area contributed by atoms with Crippen molar-refractivity contribution < 1.29 is 14.6 Å². The number of fused-ring (bicyclic) bond motifs is 1. The summed E-state index contributed by atoms with van der Waals surface area (Å²) in [4.78, 5) is 20.3. The average Bonchev–Trinajstić information content (AvgIpc) is 2.54. The van der Waals surface area contributed by atoms with Crippen LogP contribution in [0.3, 0.4) is 0 Å². The number of rotatable bonds is 2. The fourth-order valence-corrected chi connectivity index (χ4v) is 1.87. The van der Waals surface area contributed by atoms with Gasteiger partial charge in [-0.1, -0.05) is 6.92 Å². The van der Waals surface area contributed by atoms with E-state index in [0.717, 1.165) is 6.07 Å². The number of nitro groups is 2. The summed E-state index contributed by atoms with van der Waals surface area (Å²) in [7, 11) is 0. The summed E-state index contributed by atoms with van der Waals surface area (Å²) in [6, 6.07) is 2.28. The molecule has 2 atom stereocenters. The summed E-state index contributed by atoms with van der Waals surface area (Å²) < 4.78 is 5.38. The van der Waals surface area contributed by atoms with Gasteiger partial charge in [-0.3, -0.25) is 20.2 Å². The van der Waals surface area contributed by atoms with Gasteiger partial charge in [-0.2, -0.15) is 0 Å². The van der Waals surface area contributed by atoms with E-state index in [-0.39, 0.29) is 29.1 Å². The molecule has 0 spiro atoms. The van der Waals surface area contributed by atoms with Crippen LogP contribution in [0.2, 0.25) is 0 Å². The van der Waals surface area contributed by atoms with Crippen LogP contribution in [0.4, 0.5) is 11.4 Å². The zero-order valence-corrected chi connectivity index (χ0v) is 9.25. The third kappa shape index (κ3) is 1.69. The van der Waals surface area contributed by atoms with Gasteiger partial charge in [0.1, 0.15) is 6.10 Å². The van der Waals surface area contributed by atoms with Crippen molar-refractivity contribution in [2.75, 3.05) is 0 Å². The lowest BCUT2D eigenvalue weighted by molar-refractivity contribution is -0.394. The van der Waals surface area contributed by atoms with Gasteiger partial charge in [0.05, 0.1) is 15.9 Å². The molecule has 1 aromatic carbocycles. The summed E-state index contributed by atoms with van der Waals surface area (Å²) in [5.41, 5.74) is -0.0937. The molecular weight excluding hydrogens is 228 g/mol. The van der Waals surface area contributed by atoms with Crippen LogP contribution in [0, 0.1) is 20.2 Å². The first-order chi connectivity index (χ1) is 7.91. The van der Waals surface area contributed by atoms with Crippen LogP contribution in [-0.4, -0.2) is 16.0 Å². The first-order valence-electron chi connectivity index (χ1n) is 5.05. The maximum atomic E-state index is 10.9. The Kier molecular flexibility index (Phi) is 2.45. The van der Waals surface area contributed by atoms with Crippen LogP contribution in [0.5, 0.6) is 5.75 Å². The Hall–Kier alpha value is -2.18. The highest BCUT2D eigenvalue weighted by atomic mass is 16.6. The summed E-state index contributed by atoms with van der Waals surface area (Å²) >= 11 is 0. The topological polar surface area (TPSA) is 95.5 Å². The number of non-ortho nitro benzene ring substituents is 1. The van der Waals surface area contributed by atoms with Crippen molar-refractivity contribution in [1.29, 1.82) is 0 Å². The second-order valence-corrected chi connectivity index (χ2v) is 4.01. The highest BCUT2D eigenvalue weighted by molar-refractivity contribution is 5.61. The van der Waals surface area contributed by atoms with E-state index in [1.807, 2.05) is 6.92 Å². The van der Waals surface area contributed by atoms with Crippen molar-refractivity contribution in [2.24, 2.45) is 0 Å². The quantitative estimate of drug-likeness (QED) is 0.582. The van der Waals surface area contributed by atoms with Gasteiger partial charge in [0, 0.05) is 17.5 Å². The molecule has 0 N–H and O–H groups in total. The maximum Gasteiger partial charge on any atom is 0.318 e. The van der Waals surface area contributed by atoms with Gasteiger partial charge >= 0.3 is 5.69 Å². The normalized spacial score (nSPS) is 21.8. The summed E-state index contributed by atoms with van der Waals surface area (Å²) in [5.74, 6) is 0.0594. The van der Waals surface area contributed by atoms with Crippen molar-refractivity contribution in [3.05, 3.63) is 37.9 Å². The minimum absolute atomic E-state index is 0.0939. The second-order valence-electron chi connectivity index (χ2n) is 4.01. The molecule has 1 aliphatic heterocycles. The minimum Gasteiger partial charge on any atom is -0.483 e. The molecule has 0 saturated heterocycles. The number of benzene rings is 1. The molecule has 0 bridgehead atoms. The predicted octanol–water partition coefficient (Wildman–Crippen LogP) is 2.39. The predicted molar refractivity (Wildman–Crippen MR) is 58.3 cm³/mol. The molecule has 0 aromatic heterocycles. The third-order valence-corrected chi connectivity index (χ3v) is 2.99. The summed E-state index contributed by atoms with van der Waals surface area (Å²) in [6.45, 7) is 3.60. The number of nitro benzene ring substituents is 2. The largest absolute Gasteiger partial charge is 0.483 e. The average molecular weight is 238 g/mol. The Labute approximate surface area is 96.3 Å². The van der Waals surface area contributed by atoms with Crippen LogP contribution in [0.15, 0.2) is 12.1 Å². The fourth-order valence-electron chi connectivity index (χ4n) is 1.87. The Morgan fingerprint density at radius 1 is 1.18 bits per heavy atom.